The Kier molecular flexibility index (Phi) is 13.5. The fraction of sp³-hybridized carbons (Fsp3) is 0.667. The summed E-state index contributed by atoms with van der Waals surface area (Å²) in [7, 11) is 0. The standard InChI is InChI=1S/C39H56N6O5S/c1-27-34-25-36(47)42-32(9-5-6-16-41-38(49)28-7-3-2-4-8-28)24-35(46)40-17-10-31-26-45(33-14-21-50-22-15-33)20-13-30(31)23-37(48)44-18-11-29(12-19-44)39(43-34)51-27/h2-4,7-8,29-33H,5-6,9-26H2,1H3,(H,40,46)(H,41,49)(H,42,47)/t30-,31-,32-/m0/s1. The van der Waals surface area contributed by atoms with Gasteiger partial charge >= 0.3 is 0 Å². The number of aryl methyl sites for hydroxylation is 1. The molecule has 6 heterocycles. The Morgan fingerprint density at radius 2 is 1.73 bits per heavy atom. The van der Waals surface area contributed by atoms with E-state index in [9.17, 15) is 19.2 Å². The number of fused-ring (bicyclic) bond motifs is 11. The zero-order valence-electron chi connectivity index (χ0n) is 30.2. The molecule has 3 atom stereocenters. The zero-order chi connectivity index (χ0) is 35.6. The third-order valence-corrected chi connectivity index (χ3v) is 12.6. The molecule has 11 nitrogen and oxygen atoms in total. The van der Waals surface area contributed by atoms with Crippen LogP contribution < -0.4 is 16.0 Å². The predicted octanol–water partition coefficient (Wildman–Crippen LogP) is 4.20. The number of carbonyl (C=O) groups excluding carboxylic acids is 4. The summed E-state index contributed by atoms with van der Waals surface area (Å²) < 4.78 is 5.64. The first kappa shape index (κ1) is 37.4. The van der Waals surface area contributed by atoms with Crippen molar-refractivity contribution in [3.8, 4) is 0 Å². The molecule has 4 amide bonds. The smallest absolute Gasteiger partial charge is 0.251 e. The second kappa shape index (κ2) is 18.4. The molecule has 5 aliphatic heterocycles. The number of nitrogens with zero attached hydrogens (tertiary/aromatic N) is 3. The van der Waals surface area contributed by atoms with Gasteiger partial charge in [-0.2, -0.15) is 0 Å². The Labute approximate surface area is 306 Å². The lowest BCUT2D eigenvalue weighted by Gasteiger charge is -2.44. The fourth-order valence-electron chi connectivity index (χ4n) is 8.36. The Balaban J connectivity index is 1.11. The summed E-state index contributed by atoms with van der Waals surface area (Å²) in [5, 5.41) is 10.4. The van der Waals surface area contributed by atoms with Crippen LogP contribution in [0.4, 0.5) is 0 Å². The number of carbonyl (C=O) groups is 4. The van der Waals surface area contributed by atoms with E-state index in [1.165, 1.54) is 0 Å². The van der Waals surface area contributed by atoms with Crippen LogP contribution in [0.2, 0.25) is 0 Å². The second-order valence-corrected chi connectivity index (χ2v) is 16.2. The van der Waals surface area contributed by atoms with Gasteiger partial charge < -0.3 is 25.6 Å². The Hall–Kier alpha value is -3.35. The topological polar surface area (TPSA) is 133 Å². The highest BCUT2D eigenvalue weighted by Crippen LogP contribution is 2.35. The Morgan fingerprint density at radius 1 is 0.941 bits per heavy atom. The molecular weight excluding hydrogens is 665 g/mol. The lowest BCUT2D eigenvalue weighted by atomic mass is 9.79. The minimum atomic E-state index is -0.320. The quantitative estimate of drug-likeness (QED) is 0.366. The highest BCUT2D eigenvalue weighted by Gasteiger charge is 2.36. The minimum absolute atomic E-state index is 0.0765. The fourth-order valence-corrected chi connectivity index (χ4v) is 9.47. The zero-order valence-corrected chi connectivity index (χ0v) is 31.0. The van der Waals surface area contributed by atoms with Crippen LogP contribution >= 0.6 is 11.3 Å². The van der Waals surface area contributed by atoms with Gasteiger partial charge in [-0.05, 0) is 95.2 Å². The molecular formula is C39H56N6O5S. The first-order valence-electron chi connectivity index (χ1n) is 19.3. The largest absolute Gasteiger partial charge is 0.381 e. The van der Waals surface area contributed by atoms with E-state index in [1.807, 2.05) is 25.1 Å². The van der Waals surface area contributed by atoms with Gasteiger partial charge in [0.2, 0.25) is 17.7 Å². The third-order valence-electron chi connectivity index (χ3n) is 11.4. The molecule has 4 bridgehead atoms. The summed E-state index contributed by atoms with van der Waals surface area (Å²) >= 11 is 1.67. The summed E-state index contributed by atoms with van der Waals surface area (Å²) in [6, 6.07) is 9.36. The van der Waals surface area contributed by atoms with Crippen molar-refractivity contribution in [2.45, 2.75) is 102 Å². The summed E-state index contributed by atoms with van der Waals surface area (Å²) in [4.78, 5) is 63.5. The van der Waals surface area contributed by atoms with Crippen molar-refractivity contribution in [2.75, 3.05) is 52.5 Å². The Bertz CT molecular complexity index is 1470. The van der Waals surface area contributed by atoms with Gasteiger partial charge in [0.05, 0.1) is 17.1 Å². The van der Waals surface area contributed by atoms with Gasteiger partial charge in [0.25, 0.3) is 5.91 Å². The number of aromatic nitrogens is 1. The molecule has 0 aliphatic carbocycles. The highest BCUT2D eigenvalue weighted by molar-refractivity contribution is 7.11. The number of amides is 4. The van der Waals surface area contributed by atoms with Gasteiger partial charge in [-0.15, -0.1) is 11.3 Å². The molecule has 0 spiro atoms. The van der Waals surface area contributed by atoms with Gasteiger partial charge in [0.1, 0.15) is 0 Å². The van der Waals surface area contributed by atoms with Gasteiger partial charge in [-0.25, -0.2) is 4.98 Å². The molecule has 12 heteroatoms. The molecule has 1 aromatic heterocycles. The van der Waals surface area contributed by atoms with Gasteiger partial charge in [-0.1, -0.05) is 18.2 Å². The number of hydrogen-bond donors (Lipinski definition) is 3. The van der Waals surface area contributed by atoms with E-state index in [2.05, 4.69) is 25.8 Å². The number of thiazole rings is 1. The van der Waals surface area contributed by atoms with E-state index in [-0.39, 0.29) is 42.5 Å². The lowest BCUT2D eigenvalue weighted by Crippen LogP contribution is -2.49. The molecule has 1 aromatic carbocycles. The van der Waals surface area contributed by atoms with Gasteiger partial charge in [0.15, 0.2) is 0 Å². The molecule has 3 N–H and O–H groups in total. The van der Waals surface area contributed by atoms with E-state index in [0.29, 0.717) is 55.3 Å². The Morgan fingerprint density at radius 3 is 2.51 bits per heavy atom. The van der Waals surface area contributed by atoms with E-state index in [4.69, 9.17) is 9.72 Å². The number of unbranched alkanes of at least 4 members (excludes halogenated alkanes) is 1. The molecule has 3 fully saturated rings. The van der Waals surface area contributed by atoms with E-state index < -0.39 is 0 Å². The van der Waals surface area contributed by atoms with E-state index in [1.54, 1.807) is 23.5 Å². The van der Waals surface area contributed by atoms with Crippen LogP contribution in [0.25, 0.3) is 0 Å². The number of benzene rings is 1. The molecule has 0 radical (unpaired) electrons. The monoisotopic (exact) mass is 720 g/mol. The first-order valence-corrected chi connectivity index (χ1v) is 20.1. The third kappa shape index (κ3) is 10.6. The molecule has 51 heavy (non-hydrogen) atoms. The van der Waals surface area contributed by atoms with E-state index >= 15 is 0 Å². The van der Waals surface area contributed by atoms with Crippen LogP contribution in [0.15, 0.2) is 30.3 Å². The van der Waals surface area contributed by atoms with Crippen molar-refractivity contribution in [1.82, 2.24) is 30.7 Å². The number of piperidine rings is 2. The first-order chi connectivity index (χ1) is 24.8. The van der Waals surface area contributed by atoms with Crippen molar-refractivity contribution < 1.29 is 23.9 Å². The van der Waals surface area contributed by atoms with Crippen LogP contribution in [-0.4, -0.2) is 103 Å². The molecule has 0 unspecified atom stereocenters. The molecule has 3 saturated heterocycles. The number of nitrogens with one attached hydrogen (secondary N) is 3. The maximum atomic E-state index is 13.7. The normalized spacial score (nSPS) is 26.2. The maximum Gasteiger partial charge on any atom is 0.251 e. The molecule has 0 saturated carbocycles. The summed E-state index contributed by atoms with van der Waals surface area (Å²) in [5.41, 5.74) is 1.43. The van der Waals surface area contributed by atoms with Crippen LogP contribution in [-0.2, 0) is 25.5 Å². The molecule has 5 aliphatic rings. The lowest BCUT2D eigenvalue weighted by molar-refractivity contribution is -0.134. The number of hydrogen-bond acceptors (Lipinski definition) is 8. The molecule has 7 rings (SSSR count). The minimum Gasteiger partial charge on any atom is -0.381 e. The van der Waals surface area contributed by atoms with Gasteiger partial charge in [0, 0.05) is 87.2 Å². The summed E-state index contributed by atoms with van der Waals surface area (Å²) in [5.74, 6) is 0.881. The van der Waals surface area contributed by atoms with Gasteiger partial charge in [-0.3, -0.25) is 24.1 Å². The van der Waals surface area contributed by atoms with Crippen LogP contribution in [0.5, 0.6) is 0 Å². The second-order valence-electron chi connectivity index (χ2n) is 15.0. The summed E-state index contributed by atoms with van der Waals surface area (Å²) in [6.07, 6.45) is 8.80. The van der Waals surface area contributed by atoms with E-state index in [0.717, 1.165) is 106 Å². The number of likely N-dealkylation sites (tertiary alicyclic amines) is 1. The summed E-state index contributed by atoms with van der Waals surface area (Å²) in [6.45, 7) is 8.17. The average Bonchev–Trinajstić information content (AvgIpc) is 3.51. The van der Waals surface area contributed by atoms with Crippen molar-refractivity contribution in [1.29, 1.82) is 0 Å². The van der Waals surface area contributed by atoms with Crippen molar-refractivity contribution in [3.05, 3.63) is 51.5 Å². The van der Waals surface area contributed by atoms with Crippen LogP contribution in [0.1, 0.15) is 102 Å². The predicted molar refractivity (Wildman–Crippen MR) is 198 cm³/mol. The maximum absolute atomic E-state index is 13.7. The van der Waals surface area contributed by atoms with Crippen LogP contribution in [0.3, 0.4) is 0 Å². The van der Waals surface area contributed by atoms with Crippen molar-refractivity contribution in [2.24, 2.45) is 11.8 Å². The van der Waals surface area contributed by atoms with Crippen molar-refractivity contribution in [3.63, 3.8) is 0 Å². The molecule has 278 valence electrons. The highest BCUT2D eigenvalue weighted by atomic mass is 32.1. The average molecular weight is 721 g/mol. The number of rotatable bonds is 7. The SMILES string of the molecule is Cc1sc2nc1CC(=O)N[C@@H](CCCCNC(=O)c1ccccc1)CC(=O)NCC[C@H]1CN(C3CCOCC3)CC[C@H]1CC(=O)N1CCC2CC1. The molecule has 2 aromatic rings. The number of ether oxygens (including phenoxy) is 1. The van der Waals surface area contributed by atoms with Crippen LogP contribution in [0, 0.1) is 18.8 Å². The van der Waals surface area contributed by atoms with Crippen molar-refractivity contribution >= 4 is 35.0 Å².